The Morgan fingerprint density at radius 3 is 2.80 bits per heavy atom. The van der Waals surface area contributed by atoms with Crippen molar-refractivity contribution in [3.63, 3.8) is 0 Å². The van der Waals surface area contributed by atoms with Gasteiger partial charge in [0.15, 0.2) is 5.65 Å². The number of hydrogen-bond acceptors (Lipinski definition) is 6. The van der Waals surface area contributed by atoms with Gasteiger partial charge in [0, 0.05) is 32.4 Å². The summed E-state index contributed by atoms with van der Waals surface area (Å²) in [6, 6.07) is -0.104. The van der Waals surface area contributed by atoms with Gasteiger partial charge in [-0.3, -0.25) is 9.48 Å². The van der Waals surface area contributed by atoms with Crippen LogP contribution in [0.5, 0.6) is 0 Å². The van der Waals surface area contributed by atoms with Crippen LogP contribution in [0.15, 0.2) is 18.6 Å². The molecule has 158 valence electrons. The van der Waals surface area contributed by atoms with Gasteiger partial charge in [-0.05, 0) is 32.6 Å². The zero-order chi connectivity index (χ0) is 20.7. The summed E-state index contributed by atoms with van der Waals surface area (Å²) in [5.41, 5.74) is 1.40. The van der Waals surface area contributed by atoms with Gasteiger partial charge in [0.2, 0.25) is 11.9 Å². The topological polar surface area (TPSA) is 95.8 Å². The number of nitrogens with one attached hydrogen (secondary N) is 1. The van der Waals surface area contributed by atoms with Crippen LogP contribution in [0.1, 0.15) is 44.5 Å². The number of nitrogens with zero attached hydrogens (tertiary/aromatic N) is 7. The molecule has 0 aromatic carbocycles. The first-order chi connectivity index (χ1) is 14.6. The van der Waals surface area contributed by atoms with E-state index in [1.807, 2.05) is 11.8 Å². The van der Waals surface area contributed by atoms with Crippen molar-refractivity contribution in [1.29, 1.82) is 0 Å². The van der Waals surface area contributed by atoms with Crippen LogP contribution in [0.4, 0.5) is 5.95 Å². The molecular formula is C20H25ClN8O. The standard InChI is InChI=1S/C20H25ClN8O/c1-13(29-12-15(21)9-23-29)17-24-16-10-22-20(26-18(16)25-17)28-8-4-5-14(11-28)19(30)27-6-2-3-7-27/h9-10,12-14H,2-8,11H2,1H3,(H,22,24,25,26)/t13?,14-/m1/s1. The maximum atomic E-state index is 12.8. The molecule has 2 atom stereocenters. The number of hydrogen-bond donors (Lipinski definition) is 1. The third kappa shape index (κ3) is 3.62. The molecule has 0 bridgehead atoms. The number of likely N-dealkylation sites (tertiary alicyclic amines) is 1. The predicted octanol–water partition coefficient (Wildman–Crippen LogP) is 2.65. The highest BCUT2D eigenvalue weighted by molar-refractivity contribution is 6.30. The first-order valence-corrected chi connectivity index (χ1v) is 10.9. The Morgan fingerprint density at radius 1 is 1.20 bits per heavy atom. The van der Waals surface area contributed by atoms with E-state index in [1.54, 1.807) is 23.3 Å². The van der Waals surface area contributed by atoms with Crippen LogP contribution in [0.3, 0.4) is 0 Å². The fourth-order valence-corrected chi connectivity index (χ4v) is 4.52. The Balaban J connectivity index is 1.35. The highest BCUT2D eigenvalue weighted by atomic mass is 35.5. The predicted molar refractivity (Wildman–Crippen MR) is 113 cm³/mol. The molecule has 2 saturated heterocycles. The molecule has 2 aliphatic rings. The summed E-state index contributed by atoms with van der Waals surface area (Å²) in [6.07, 6.45) is 9.28. The van der Waals surface area contributed by atoms with E-state index in [0.29, 0.717) is 23.2 Å². The summed E-state index contributed by atoms with van der Waals surface area (Å²) in [7, 11) is 0. The van der Waals surface area contributed by atoms with Gasteiger partial charge in [0.1, 0.15) is 17.4 Å². The maximum Gasteiger partial charge on any atom is 0.227 e. The number of piperidine rings is 1. The number of amides is 1. The maximum absolute atomic E-state index is 12.8. The molecular weight excluding hydrogens is 404 g/mol. The van der Waals surface area contributed by atoms with Crippen LogP contribution < -0.4 is 4.90 Å². The smallest absolute Gasteiger partial charge is 0.227 e. The Bertz CT molecular complexity index is 1060. The number of aromatic amines is 1. The number of anilines is 1. The second-order valence-corrected chi connectivity index (χ2v) is 8.60. The number of carbonyl (C=O) groups is 1. The van der Waals surface area contributed by atoms with Crippen LogP contribution in [0.25, 0.3) is 11.2 Å². The van der Waals surface area contributed by atoms with Gasteiger partial charge in [0.05, 0.1) is 23.3 Å². The van der Waals surface area contributed by atoms with E-state index in [4.69, 9.17) is 11.6 Å². The first-order valence-electron chi connectivity index (χ1n) is 10.5. The highest BCUT2D eigenvalue weighted by Crippen LogP contribution is 2.25. The van der Waals surface area contributed by atoms with E-state index >= 15 is 0 Å². The molecule has 3 aromatic rings. The summed E-state index contributed by atoms with van der Waals surface area (Å²) >= 11 is 5.98. The third-order valence-electron chi connectivity index (χ3n) is 6.08. The van der Waals surface area contributed by atoms with Crippen molar-refractivity contribution in [2.75, 3.05) is 31.1 Å². The van der Waals surface area contributed by atoms with Gasteiger partial charge in [-0.25, -0.2) is 9.97 Å². The number of rotatable bonds is 4. The zero-order valence-corrected chi connectivity index (χ0v) is 17.7. The van der Waals surface area contributed by atoms with Crippen molar-refractivity contribution < 1.29 is 4.79 Å². The molecule has 1 N–H and O–H groups in total. The van der Waals surface area contributed by atoms with E-state index in [2.05, 4.69) is 29.9 Å². The molecule has 30 heavy (non-hydrogen) atoms. The van der Waals surface area contributed by atoms with E-state index in [1.165, 1.54) is 0 Å². The number of H-pyrrole nitrogens is 1. The molecule has 2 aliphatic heterocycles. The van der Waals surface area contributed by atoms with Crippen molar-refractivity contribution in [3.05, 3.63) is 29.4 Å². The molecule has 0 aliphatic carbocycles. The van der Waals surface area contributed by atoms with E-state index < -0.39 is 0 Å². The minimum absolute atomic E-state index is 0.0236. The fourth-order valence-electron chi connectivity index (χ4n) is 4.38. The number of halogens is 1. The van der Waals surface area contributed by atoms with Crippen molar-refractivity contribution in [2.24, 2.45) is 5.92 Å². The molecule has 0 radical (unpaired) electrons. The van der Waals surface area contributed by atoms with Crippen molar-refractivity contribution >= 4 is 34.6 Å². The minimum Gasteiger partial charge on any atom is -0.342 e. The van der Waals surface area contributed by atoms with Crippen molar-refractivity contribution in [3.8, 4) is 0 Å². The normalized spacial score (nSPS) is 20.8. The largest absolute Gasteiger partial charge is 0.342 e. The monoisotopic (exact) mass is 428 g/mol. The van der Waals surface area contributed by atoms with Gasteiger partial charge in [0.25, 0.3) is 0 Å². The molecule has 2 fully saturated rings. The lowest BCUT2D eigenvalue weighted by molar-refractivity contribution is -0.134. The molecule has 3 aromatic heterocycles. The number of carbonyl (C=O) groups excluding carboxylic acids is 1. The number of imidazole rings is 1. The lowest BCUT2D eigenvalue weighted by Gasteiger charge is -2.33. The fraction of sp³-hybridized carbons (Fsp3) is 0.550. The highest BCUT2D eigenvalue weighted by Gasteiger charge is 2.31. The second-order valence-electron chi connectivity index (χ2n) is 8.16. The molecule has 5 heterocycles. The molecule has 0 saturated carbocycles. The lowest BCUT2D eigenvalue weighted by atomic mass is 9.97. The Kier molecular flexibility index (Phi) is 5.06. The number of aromatic nitrogens is 6. The quantitative estimate of drug-likeness (QED) is 0.686. The van der Waals surface area contributed by atoms with Crippen molar-refractivity contribution in [1.82, 2.24) is 34.6 Å². The van der Waals surface area contributed by atoms with Crippen molar-refractivity contribution in [2.45, 2.75) is 38.6 Å². The van der Waals surface area contributed by atoms with Crippen LogP contribution in [-0.2, 0) is 4.79 Å². The molecule has 9 nitrogen and oxygen atoms in total. The van der Waals surface area contributed by atoms with E-state index in [-0.39, 0.29) is 17.9 Å². The lowest BCUT2D eigenvalue weighted by Crippen LogP contribution is -2.44. The van der Waals surface area contributed by atoms with Gasteiger partial charge in [-0.2, -0.15) is 10.1 Å². The van der Waals surface area contributed by atoms with E-state index in [9.17, 15) is 4.79 Å². The average Bonchev–Trinajstić information content (AvgIpc) is 3.52. The zero-order valence-electron chi connectivity index (χ0n) is 17.0. The molecule has 0 spiro atoms. The number of fused-ring (bicyclic) bond motifs is 1. The van der Waals surface area contributed by atoms with Gasteiger partial charge < -0.3 is 14.8 Å². The average molecular weight is 429 g/mol. The van der Waals surface area contributed by atoms with Crippen LogP contribution in [0.2, 0.25) is 5.02 Å². The summed E-state index contributed by atoms with van der Waals surface area (Å²) in [6.45, 7) is 5.31. The summed E-state index contributed by atoms with van der Waals surface area (Å²) in [4.78, 5) is 34.1. The molecule has 1 unspecified atom stereocenters. The third-order valence-corrected chi connectivity index (χ3v) is 6.27. The minimum atomic E-state index is -0.104. The van der Waals surface area contributed by atoms with Crippen LogP contribution in [0, 0.1) is 5.92 Å². The first kappa shape index (κ1) is 19.3. The van der Waals surface area contributed by atoms with E-state index in [0.717, 1.165) is 56.7 Å². The van der Waals surface area contributed by atoms with Gasteiger partial charge in [-0.1, -0.05) is 11.6 Å². The second kappa shape index (κ2) is 7.86. The Morgan fingerprint density at radius 2 is 2.03 bits per heavy atom. The van der Waals surface area contributed by atoms with Crippen LogP contribution >= 0.6 is 11.6 Å². The summed E-state index contributed by atoms with van der Waals surface area (Å²) in [5.74, 6) is 1.69. The molecule has 10 heteroatoms. The summed E-state index contributed by atoms with van der Waals surface area (Å²) < 4.78 is 1.76. The molecule has 1 amide bonds. The SMILES string of the molecule is CC(c1nc2nc(N3CCC[C@@H](C(=O)N4CCCC4)C3)ncc2[nH]1)n1cc(Cl)cn1. The molecule has 5 rings (SSSR count). The van der Waals surface area contributed by atoms with Gasteiger partial charge in [-0.15, -0.1) is 0 Å². The summed E-state index contributed by atoms with van der Waals surface area (Å²) in [5, 5.41) is 4.84. The van der Waals surface area contributed by atoms with Gasteiger partial charge >= 0.3 is 0 Å². The Labute approximate surface area is 179 Å². The Hall–Kier alpha value is -2.68. The van der Waals surface area contributed by atoms with Crippen LogP contribution in [-0.4, -0.2) is 66.7 Å².